The van der Waals surface area contributed by atoms with Crippen molar-refractivity contribution >= 4 is 11.8 Å². The Labute approximate surface area is 118 Å². The minimum Gasteiger partial charge on any atom is -0.484 e. The first kappa shape index (κ1) is 14.4. The Balaban J connectivity index is 2.05. The number of benzene rings is 1. The summed E-state index contributed by atoms with van der Waals surface area (Å²) in [5.74, 6) is 0.509. The Morgan fingerprint density at radius 1 is 1.45 bits per heavy atom. The zero-order chi connectivity index (χ0) is 14.5. The molecule has 108 valence electrons. The summed E-state index contributed by atoms with van der Waals surface area (Å²) >= 11 is 0. The summed E-state index contributed by atoms with van der Waals surface area (Å²) in [4.78, 5) is 25.0. The lowest BCUT2D eigenvalue weighted by molar-refractivity contribution is -0.119. The first-order valence-corrected chi connectivity index (χ1v) is 6.86. The van der Waals surface area contributed by atoms with E-state index in [2.05, 4.69) is 6.92 Å². The summed E-state index contributed by atoms with van der Waals surface area (Å²) in [6.45, 7) is 3.57. The summed E-state index contributed by atoms with van der Waals surface area (Å²) < 4.78 is 5.22. The van der Waals surface area contributed by atoms with Crippen molar-refractivity contribution in [3.8, 4) is 5.75 Å². The molecule has 0 radical (unpaired) electrons. The van der Waals surface area contributed by atoms with Gasteiger partial charge in [-0.15, -0.1) is 0 Å². The highest BCUT2D eigenvalue weighted by atomic mass is 16.5. The number of rotatable bonds is 4. The Morgan fingerprint density at radius 3 is 2.95 bits per heavy atom. The maximum absolute atomic E-state index is 12.4. The number of hydrogen-bond donors (Lipinski definition) is 1. The molecule has 0 unspecified atom stereocenters. The summed E-state index contributed by atoms with van der Waals surface area (Å²) in [5, 5.41) is 0. The van der Waals surface area contributed by atoms with Gasteiger partial charge < -0.3 is 15.4 Å². The topological polar surface area (TPSA) is 72.6 Å². The molecule has 1 fully saturated rings. The molecule has 0 spiro atoms. The van der Waals surface area contributed by atoms with Crippen molar-refractivity contribution in [3.63, 3.8) is 0 Å². The lowest BCUT2D eigenvalue weighted by Gasteiger charge is -2.31. The van der Waals surface area contributed by atoms with Crippen LogP contribution in [0.3, 0.4) is 0 Å². The molecule has 1 heterocycles. The molecule has 1 saturated heterocycles. The molecule has 5 heteroatoms. The van der Waals surface area contributed by atoms with Crippen LogP contribution in [0.4, 0.5) is 0 Å². The number of nitrogens with two attached hydrogens (primary N) is 1. The molecular weight excluding hydrogens is 256 g/mol. The fraction of sp³-hybridized carbons (Fsp3) is 0.467. The van der Waals surface area contributed by atoms with Crippen molar-refractivity contribution in [2.45, 2.75) is 19.8 Å². The second-order valence-corrected chi connectivity index (χ2v) is 5.28. The number of likely N-dealkylation sites (tertiary alicyclic amines) is 1. The molecule has 5 nitrogen and oxygen atoms in total. The monoisotopic (exact) mass is 276 g/mol. The van der Waals surface area contributed by atoms with Gasteiger partial charge in [0.05, 0.1) is 0 Å². The average Bonchev–Trinajstić information content (AvgIpc) is 2.44. The van der Waals surface area contributed by atoms with Gasteiger partial charge in [0.25, 0.3) is 11.8 Å². The number of carbonyl (C=O) groups excluding carboxylic acids is 2. The minimum absolute atomic E-state index is 0.0149. The summed E-state index contributed by atoms with van der Waals surface area (Å²) in [6, 6.07) is 6.87. The maximum atomic E-state index is 12.4. The van der Waals surface area contributed by atoms with Crippen molar-refractivity contribution in [1.82, 2.24) is 4.90 Å². The number of ether oxygens (including phenoxy) is 1. The molecule has 20 heavy (non-hydrogen) atoms. The lowest BCUT2D eigenvalue weighted by atomic mass is 9.99. The van der Waals surface area contributed by atoms with Gasteiger partial charge in [-0.2, -0.15) is 0 Å². The molecule has 0 aromatic heterocycles. The van der Waals surface area contributed by atoms with Gasteiger partial charge in [0, 0.05) is 18.7 Å². The highest BCUT2D eigenvalue weighted by molar-refractivity contribution is 5.94. The largest absolute Gasteiger partial charge is 0.484 e. The number of hydrogen-bond acceptors (Lipinski definition) is 3. The van der Waals surface area contributed by atoms with E-state index in [1.165, 1.54) is 6.42 Å². The van der Waals surface area contributed by atoms with Crippen molar-refractivity contribution in [1.29, 1.82) is 0 Å². The molecule has 0 saturated carbocycles. The van der Waals surface area contributed by atoms with Crippen LogP contribution in [0.15, 0.2) is 24.3 Å². The van der Waals surface area contributed by atoms with E-state index in [0.717, 1.165) is 19.5 Å². The molecule has 0 aliphatic carbocycles. The predicted octanol–water partition coefficient (Wildman–Crippen LogP) is 1.42. The average molecular weight is 276 g/mol. The normalized spacial score (nSPS) is 18.6. The van der Waals surface area contributed by atoms with Gasteiger partial charge in [-0.05, 0) is 37.0 Å². The number of piperidine rings is 1. The fourth-order valence-corrected chi connectivity index (χ4v) is 2.43. The first-order valence-electron chi connectivity index (χ1n) is 6.86. The van der Waals surface area contributed by atoms with E-state index in [9.17, 15) is 9.59 Å². The predicted molar refractivity (Wildman–Crippen MR) is 75.4 cm³/mol. The van der Waals surface area contributed by atoms with Crippen LogP contribution in [-0.2, 0) is 4.79 Å². The summed E-state index contributed by atoms with van der Waals surface area (Å²) in [5.41, 5.74) is 5.62. The SMILES string of the molecule is C[C@@H]1CCCN(C(=O)c2cccc(OCC(N)=O)c2)C1. The molecule has 0 bridgehead atoms. The third-order valence-electron chi connectivity index (χ3n) is 3.41. The van der Waals surface area contributed by atoms with Crippen molar-refractivity contribution in [3.05, 3.63) is 29.8 Å². The van der Waals surface area contributed by atoms with Gasteiger partial charge in [-0.25, -0.2) is 0 Å². The molecule has 2 amide bonds. The Bertz CT molecular complexity index is 502. The van der Waals surface area contributed by atoms with Gasteiger partial charge in [-0.1, -0.05) is 13.0 Å². The van der Waals surface area contributed by atoms with E-state index in [1.807, 2.05) is 4.90 Å². The van der Waals surface area contributed by atoms with Crippen LogP contribution in [0, 0.1) is 5.92 Å². The molecular formula is C15H20N2O3. The fourth-order valence-electron chi connectivity index (χ4n) is 2.43. The van der Waals surface area contributed by atoms with E-state index in [0.29, 0.717) is 17.2 Å². The van der Waals surface area contributed by atoms with Crippen LogP contribution in [0.1, 0.15) is 30.1 Å². The zero-order valence-corrected chi connectivity index (χ0v) is 11.7. The smallest absolute Gasteiger partial charge is 0.255 e. The van der Waals surface area contributed by atoms with Crippen molar-refractivity contribution in [2.75, 3.05) is 19.7 Å². The van der Waals surface area contributed by atoms with Gasteiger partial charge in [-0.3, -0.25) is 9.59 Å². The third-order valence-corrected chi connectivity index (χ3v) is 3.41. The first-order chi connectivity index (χ1) is 9.56. The third kappa shape index (κ3) is 3.73. The summed E-state index contributed by atoms with van der Waals surface area (Å²) in [6.07, 6.45) is 2.22. The maximum Gasteiger partial charge on any atom is 0.255 e. The van der Waals surface area contributed by atoms with Crippen LogP contribution in [0.25, 0.3) is 0 Å². The summed E-state index contributed by atoms with van der Waals surface area (Å²) in [7, 11) is 0. The Morgan fingerprint density at radius 2 is 2.25 bits per heavy atom. The van der Waals surface area contributed by atoms with E-state index in [1.54, 1.807) is 24.3 Å². The highest BCUT2D eigenvalue weighted by Crippen LogP contribution is 2.20. The Hall–Kier alpha value is -2.04. The number of amides is 2. The van der Waals surface area contributed by atoms with Gasteiger partial charge in [0.1, 0.15) is 5.75 Å². The van der Waals surface area contributed by atoms with Crippen LogP contribution in [0.5, 0.6) is 5.75 Å². The zero-order valence-electron chi connectivity index (χ0n) is 11.7. The van der Waals surface area contributed by atoms with E-state index in [-0.39, 0.29) is 12.5 Å². The number of carbonyl (C=O) groups is 2. The van der Waals surface area contributed by atoms with Crippen LogP contribution < -0.4 is 10.5 Å². The van der Waals surface area contributed by atoms with Crippen LogP contribution >= 0.6 is 0 Å². The molecule has 1 aliphatic rings. The molecule has 1 aromatic rings. The van der Waals surface area contributed by atoms with Gasteiger partial charge in [0.15, 0.2) is 6.61 Å². The van der Waals surface area contributed by atoms with E-state index >= 15 is 0 Å². The van der Waals surface area contributed by atoms with E-state index in [4.69, 9.17) is 10.5 Å². The standard InChI is InChI=1S/C15H20N2O3/c1-11-4-3-7-17(9-11)15(19)12-5-2-6-13(8-12)20-10-14(16)18/h2,5-6,8,11H,3-4,7,9-10H2,1H3,(H2,16,18)/t11-/m1/s1. The second kappa shape index (κ2) is 6.41. The number of primary amides is 1. The minimum atomic E-state index is -0.536. The lowest BCUT2D eigenvalue weighted by Crippen LogP contribution is -2.39. The van der Waals surface area contributed by atoms with E-state index < -0.39 is 5.91 Å². The quantitative estimate of drug-likeness (QED) is 0.904. The van der Waals surface area contributed by atoms with Gasteiger partial charge in [0.2, 0.25) is 0 Å². The van der Waals surface area contributed by atoms with Crippen molar-refractivity contribution < 1.29 is 14.3 Å². The molecule has 2 N–H and O–H groups in total. The molecule has 1 atom stereocenters. The molecule has 2 rings (SSSR count). The highest BCUT2D eigenvalue weighted by Gasteiger charge is 2.22. The van der Waals surface area contributed by atoms with Crippen LogP contribution in [0.2, 0.25) is 0 Å². The van der Waals surface area contributed by atoms with Crippen LogP contribution in [-0.4, -0.2) is 36.4 Å². The Kier molecular flexibility index (Phi) is 4.61. The molecule has 1 aliphatic heterocycles. The molecule has 1 aromatic carbocycles. The number of nitrogens with zero attached hydrogens (tertiary/aromatic N) is 1. The van der Waals surface area contributed by atoms with Crippen molar-refractivity contribution in [2.24, 2.45) is 11.7 Å². The second-order valence-electron chi connectivity index (χ2n) is 5.28. The van der Waals surface area contributed by atoms with Gasteiger partial charge >= 0.3 is 0 Å².